The number of thioether (sulfide) groups is 1. The molecule has 120 valence electrons. The smallest absolute Gasteiger partial charge is 0.244 e. The largest absolute Gasteiger partial charge is 0.352 e. The highest BCUT2D eigenvalue weighted by molar-refractivity contribution is 7.98. The Kier molecular flexibility index (Phi) is 7.53. The summed E-state index contributed by atoms with van der Waals surface area (Å²) < 4.78 is 0. The summed E-state index contributed by atoms with van der Waals surface area (Å²) in [5.41, 5.74) is 1.95. The number of benzene rings is 2. The number of carbonyl (C=O) groups is 1. The molecule has 0 unspecified atom stereocenters. The van der Waals surface area contributed by atoms with Crippen LogP contribution in [0.25, 0.3) is 6.08 Å². The molecule has 2 aromatic carbocycles. The highest BCUT2D eigenvalue weighted by atomic mass is 35.5. The van der Waals surface area contributed by atoms with E-state index in [9.17, 15) is 4.79 Å². The van der Waals surface area contributed by atoms with Crippen LogP contribution in [0.5, 0.6) is 0 Å². The molecule has 1 N–H and O–H groups in total. The quantitative estimate of drug-likeness (QED) is 0.548. The normalized spacial score (nSPS) is 10.9. The van der Waals surface area contributed by atoms with Crippen molar-refractivity contribution in [3.8, 4) is 0 Å². The number of halogens is 2. The van der Waals surface area contributed by atoms with E-state index in [4.69, 9.17) is 23.2 Å². The maximum atomic E-state index is 11.7. The number of nitrogens with one attached hydrogen (secondary N) is 1. The van der Waals surface area contributed by atoms with E-state index in [1.165, 1.54) is 0 Å². The Bertz CT molecular complexity index is 654. The van der Waals surface area contributed by atoms with Crippen molar-refractivity contribution in [2.45, 2.75) is 5.75 Å². The van der Waals surface area contributed by atoms with Crippen molar-refractivity contribution in [3.05, 3.63) is 75.8 Å². The summed E-state index contributed by atoms with van der Waals surface area (Å²) in [5.74, 6) is 1.44. The summed E-state index contributed by atoms with van der Waals surface area (Å²) in [6, 6.07) is 15.2. The molecule has 1 amide bonds. The Labute approximate surface area is 150 Å². The maximum absolute atomic E-state index is 11.7. The predicted molar refractivity (Wildman–Crippen MR) is 101 cm³/mol. The van der Waals surface area contributed by atoms with Gasteiger partial charge in [-0.1, -0.05) is 59.6 Å². The lowest BCUT2D eigenvalue weighted by atomic mass is 10.2. The molecule has 2 aromatic rings. The van der Waals surface area contributed by atoms with E-state index >= 15 is 0 Å². The van der Waals surface area contributed by atoms with Gasteiger partial charge in [-0.25, -0.2) is 0 Å². The Morgan fingerprint density at radius 3 is 2.43 bits per heavy atom. The lowest BCUT2D eigenvalue weighted by Crippen LogP contribution is -2.23. The number of hydrogen-bond acceptors (Lipinski definition) is 2. The van der Waals surface area contributed by atoms with Gasteiger partial charge in [0.05, 0.1) is 0 Å². The molecule has 0 spiro atoms. The summed E-state index contributed by atoms with van der Waals surface area (Å²) in [5, 5.41) is 4.22. The minimum Gasteiger partial charge on any atom is -0.352 e. The first-order chi connectivity index (χ1) is 11.2. The molecule has 0 bridgehead atoms. The van der Waals surface area contributed by atoms with E-state index in [-0.39, 0.29) is 5.91 Å². The van der Waals surface area contributed by atoms with Gasteiger partial charge in [0.1, 0.15) is 0 Å². The van der Waals surface area contributed by atoms with E-state index in [2.05, 4.69) is 5.32 Å². The van der Waals surface area contributed by atoms with Crippen molar-refractivity contribution in [2.75, 3.05) is 12.3 Å². The van der Waals surface area contributed by atoms with Crippen molar-refractivity contribution < 1.29 is 4.79 Å². The third-order valence-corrected chi connectivity index (χ3v) is 4.77. The van der Waals surface area contributed by atoms with Crippen LogP contribution < -0.4 is 5.32 Å². The van der Waals surface area contributed by atoms with Gasteiger partial charge in [0.2, 0.25) is 5.91 Å². The minimum absolute atomic E-state index is 0.0924. The minimum atomic E-state index is -0.0924. The van der Waals surface area contributed by atoms with Crippen molar-refractivity contribution in [2.24, 2.45) is 0 Å². The van der Waals surface area contributed by atoms with Crippen LogP contribution in [0.2, 0.25) is 10.0 Å². The molecule has 0 aliphatic heterocycles. The first kappa shape index (κ1) is 17.9. The monoisotopic (exact) mass is 365 g/mol. The zero-order valence-electron chi connectivity index (χ0n) is 12.5. The summed E-state index contributed by atoms with van der Waals surface area (Å²) in [7, 11) is 0. The number of amides is 1. The zero-order chi connectivity index (χ0) is 16.5. The average Bonchev–Trinajstić information content (AvgIpc) is 2.56. The first-order valence-electron chi connectivity index (χ1n) is 7.18. The van der Waals surface area contributed by atoms with E-state index in [1.807, 2.05) is 48.5 Å². The van der Waals surface area contributed by atoms with E-state index < -0.39 is 0 Å². The molecule has 23 heavy (non-hydrogen) atoms. The fourth-order valence-corrected chi connectivity index (χ4v) is 3.48. The first-order valence-corrected chi connectivity index (χ1v) is 9.09. The number of hydrogen-bond donors (Lipinski definition) is 1. The van der Waals surface area contributed by atoms with Crippen LogP contribution in [0.3, 0.4) is 0 Å². The van der Waals surface area contributed by atoms with E-state index in [1.54, 1.807) is 23.9 Å². The lowest BCUT2D eigenvalue weighted by Gasteiger charge is -2.07. The second-order valence-corrected chi connectivity index (χ2v) is 6.71. The Balaban J connectivity index is 1.67. The molecule has 2 nitrogen and oxygen atoms in total. The van der Waals surface area contributed by atoms with Gasteiger partial charge < -0.3 is 5.32 Å². The van der Waals surface area contributed by atoms with Crippen molar-refractivity contribution >= 4 is 46.9 Å². The molecule has 0 atom stereocenters. The fourth-order valence-electron chi connectivity index (χ4n) is 1.89. The number of rotatable bonds is 7. The van der Waals surface area contributed by atoms with Gasteiger partial charge in [-0.3, -0.25) is 4.79 Å². The summed E-state index contributed by atoms with van der Waals surface area (Å²) in [6.45, 7) is 0.602. The van der Waals surface area contributed by atoms with Gasteiger partial charge in [0, 0.05) is 34.2 Å². The third-order valence-electron chi connectivity index (χ3n) is 3.08. The molecular weight excluding hydrogens is 349 g/mol. The second-order valence-electron chi connectivity index (χ2n) is 4.79. The standard InChI is InChI=1S/C18H17Cl2NOS/c19-16-7-4-8-17(20)15(16)13-23-12-11-21-18(22)10-9-14-5-2-1-3-6-14/h1-10H,11-13H2,(H,21,22)/b10-9+. The van der Waals surface area contributed by atoms with Gasteiger partial charge in [-0.05, 0) is 29.3 Å². The van der Waals surface area contributed by atoms with Gasteiger partial charge in [0.25, 0.3) is 0 Å². The molecule has 5 heteroatoms. The van der Waals surface area contributed by atoms with Crippen LogP contribution in [-0.2, 0) is 10.5 Å². The average molecular weight is 366 g/mol. The molecular formula is C18H17Cl2NOS. The Hall–Kier alpha value is -1.42. The molecule has 0 heterocycles. The molecule has 0 fully saturated rings. The molecule has 0 radical (unpaired) electrons. The van der Waals surface area contributed by atoms with Crippen LogP contribution in [0.15, 0.2) is 54.6 Å². The summed E-state index contributed by atoms with van der Waals surface area (Å²) in [4.78, 5) is 11.7. The SMILES string of the molecule is O=C(/C=C/c1ccccc1)NCCSCc1c(Cl)cccc1Cl. The van der Waals surface area contributed by atoms with Gasteiger partial charge >= 0.3 is 0 Å². The van der Waals surface area contributed by atoms with Crippen molar-refractivity contribution in [1.29, 1.82) is 0 Å². The second kappa shape index (κ2) is 9.66. The van der Waals surface area contributed by atoms with Crippen LogP contribution in [-0.4, -0.2) is 18.2 Å². The Morgan fingerprint density at radius 2 is 1.74 bits per heavy atom. The van der Waals surface area contributed by atoms with Crippen LogP contribution >= 0.6 is 35.0 Å². The molecule has 0 aliphatic carbocycles. The van der Waals surface area contributed by atoms with E-state index in [0.717, 1.165) is 22.6 Å². The molecule has 0 aromatic heterocycles. The maximum Gasteiger partial charge on any atom is 0.244 e. The van der Waals surface area contributed by atoms with Gasteiger partial charge in [0.15, 0.2) is 0 Å². The molecule has 0 aliphatic rings. The fraction of sp³-hybridized carbons (Fsp3) is 0.167. The van der Waals surface area contributed by atoms with Crippen molar-refractivity contribution in [1.82, 2.24) is 5.32 Å². The van der Waals surface area contributed by atoms with Crippen LogP contribution in [0.4, 0.5) is 0 Å². The summed E-state index contributed by atoms with van der Waals surface area (Å²) >= 11 is 13.9. The van der Waals surface area contributed by atoms with Crippen molar-refractivity contribution in [3.63, 3.8) is 0 Å². The zero-order valence-corrected chi connectivity index (χ0v) is 14.8. The van der Waals surface area contributed by atoms with Gasteiger partial charge in [-0.15, -0.1) is 0 Å². The molecule has 0 saturated carbocycles. The topological polar surface area (TPSA) is 29.1 Å². The van der Waals surface area contributed by atoms with Crippen LogP contribution in [0.1, 0.15) is 11.1 Å². The highest BCUT2D eigenvalue weighted by Gasteiger charge is 2.05. The molecule has 0 saturated heterocycles. The highest BCUT2D eigenvalue weighted by Crippen LogP contribution is 2.27. The molecule has 2 rings (SSSR count). The van der Waals surface area contributed by atoms with E-state index in [0.29, 0.717) is 16.6 Å². The van der Waals surface area contributed by atoms with Gasteiger partial charge in [-0.2, -0.15) is 11.8 Å². The van der Waals surface area contributed by atoms with Crippen LogP contribution in [0, 0.1) is 0 Å². The lowest BCUT2D eigenvalue weighted by molar-refractivity contribution is -0.116. The number of carbonyl (C=O) groups excluding carboxylic acids is 1. The summed E-state index contributed by atoms with van der Waals surface area (Å²) in [6.07, 6.45) is 3.34. The Morgan fingerprint density at radius 1 is 1.04 bits per heavy atom. The predicted octanol–water partition coefficient (Wildman–Crippen LogP) is 5.06. The third kappa shape index (κ3) is 6.30.